The molecule has 0 bridgehead atoms. The number of nitrogens with one attached hydrogen (secondary N) is 1. The molecule has 8 nitrogen and oxygen atoms in total. The van der Waals surface area contributed by atoms with Gasteiger partial charge < -0.3 is 10.5 Å². The van der Waals surface area contributed by atoms with Gasteiger partial charge in [-0.1, -0.05) is 13.0 Å². The van der Waals surface area contributed by atoms with Crippen molar-refractivity contribution in [3.8, 4) is 0 Å². The molecule has 2 aromatic rings. The number of rotatable bonds is 6. The van der Waals surface area contributed by atoms with Gasteiger partial charge >= 0.3 is 11.7 Å². The molecule has 1 aromatic carbocycles. The first-order valence-electron chi connectivity index (χ1n) is 8.87. The third-order valence-corrected chi connectivity index (χ3v) is 4.63. The van der Waals surface area contributed by atoms with Gasteiger partial charge in [-0.15, -0.1) is 0 Å². The summed E-state index contributed by atoms with van der Waals surface area (Å²) in [6.07, 6.45) is 3.57. The Labute approximate surface area is 155 Å². The number of aryl methyl sites for hydroxylation is 2. The summed E-state index contributed by atoms with van der Waals surface area (Å²) in [6.45, 7) is 1.46. The second-order valence-electron chi connectivity index (χ2n) is 6.51. The summed E-state index contributed by atoms with van der Waals surface area (Å²) >= 11 is 0. The number of anilines is 1. The summed E-state index contributed by atoms with van der Waals surface area (Å²) in [6, 6.07) is 5.33. The molecule has 1 aromatic heterocycles. The number of esters is 1. The standard InChI is InChI=1S/C19H21N3O5/c1-2-8-22-16(20)15(17(24)21-19(22)26)14(23)10-27-18(25)13-7-6-11-4-3-5-12(11)9-13/h6-7,9H,2-5,8,10,20H2,1H3,(H,21,24,26). The Hall–Kier alpha value is -3.16. The van der Waals surface area contributed by atoms with Crippen LogP contribution in [0.2, 0.25) is 0 Å². The van der Waals surface area contributed by atoms with Gasteiger partial charge in [0.15, 0.2) is 6.61 Å². The highest BCUT2D eigenvalue weighted by atomic mass is 16.5. The van der Waals surface area contributed by atoms with Gasteiger partial charge in [0.25, 0.3) is 5.56 Å². The predicted molar refractivity (Wildman–Crippen MR) is 99.1 cm³/mol. The molecule has 0 saturated heterocycles. The lowest BCUT2D eigenvalue weighted by Gasteiger charge is -2.11. The van der Waals surface area contributed by atoms with Gasteiger partial charge in [0.1, 0.15) is 11.4 Å². The number of hydrogen-bond donors (Lipinski definition) is 2. The number of fused-ring (bicyclic) bond motifs is 1. The summed E-state index contributed by atoms with van der Waals surface area (Å²) in [5, 5.41) is 0. The van der Waals surface area contributed by atoms with Gasteiger partial charge in [0, 0.05) is 6.54 Å². The summed E-state index contributed by atoms with van der Waals surface area (Å²) < 4.78 is 6.18. The van der Waals surface area contributed by atoms with Gasteiger partial charge in [0.2, 0.25) is 5.78 Å². The van der Waals surface area contributed by atoms with Crippen LogP contribution in [-0.4, -0.2) is 27.9 Å². The Balaban J connectivity index is 1.76. The van der Waals surface area contributed by atoms with E-state index in [1.807, 2.05) is 13.0 Å². The molecule has 142 valence electrons. The average molecular weight is 371 g/mol. The topological polar surface area (TPSA) is 124 Å². The summed E-state index contributed by atoms with van der Waals surface area (Å²) in [4.78, 5) is 50.5. The van der Waals surface area contributed by atoms with Crippen molar-refractivity contribution in [2.24, 2.45) is 0 Å². The van der Waals surface area contributed by atoms with Gasteiger partial charge in [-0.2, -0.15) is 0 Å². The molecule has 8 heteroatoms. The number of hydrogen-bond acceptors (Lipinski definition) is 6. The maximum Gasteiger partial charge on any atom is 0.338 e. The van der Waals surface area contributed by atoms with Crippen LogP contribution in [0.25, 0.3) is 0 Å². The number of benzene rings is 1. The van der Waals surface area contributed by atoms with E-state index in [-0.39, 0.29) is 17.9 Å². The van der Waals surface area contributed by atoms with Gasteiger partial charge in [0.05, 0.1) is 5.56 Å². The third kappa shape index (κ3) is 3.69. The van der Waals surface area contributed by atoms with Gasteiger partial charge in [-0.25, -0.2) is 9.59 Å². The molecule has 1 heterocycles. The second kappa shape index (κ2) is 7.61. The molecule has 1 aliphatic rings. The largest absolute Gasteiger partial charge is 0.454 e. The number of carbonyl (C=O) groups is 2. The van der Waals surface area contributed by atoms with Crippen molar-refractivity contribution < 1.29 is 14.3 Å². The quantitative estimate of drug-likeness (QED) is 0.578. The van der Waals surface area contributed by atoms with Crippen molar-refractivity contribution in [3.05, 3.63) is 61.3 Å². The molecule has 0 fully saturated rings. The maximum absolute atomic E-state index is 12.4. The van der Waals surface area contributed by atoms with Crippen LogP contribution in [0.1, 0.15) is 51.6 Å². The fourth-order valence-corrected chi connectivity index (χ4v) is 3.29. The molecule has 3 rings (SSSR count). The fraction of sp³-hybridized carbons (Fsp3) is 0.368. The van der Waals surface area contributed by atoms with Crippen LogP contribution < -0.4 is 17.0 Å². The zero-order valence-electron chi connectivity index (χ0n) is 15.0. The van der Waals surface area contributed by atoms with Crippen LogP contribution in [0.15, 0.2) is 27.8 Å². The van der Waals surface area contributed by atoms with E-state index in [9.17, 15) is 19.2 Å². The van der Waals surface area contributed by atoms with Crippen molar-refractivity contribution in [2.75, 3.05) is 12.3 Å². The molecule has 0 saturated carbocycles. The Morgan fingerprint density at radius 1 is 1.22 bits per heavy atom. The highest BCUT2D eigenvalue weighted by Crippen LogP contribution is 2.23. The fourth-order valence-electron chi connectivity index (χ4n) is 3.29. The van der Waals surface area contributed by atoms with Crippen molar-refractivity contribution in [2.45, 2.75) is 39.2 Å². The number of ether oxygens (including phenoxy) is 1. The maximum atomic E-state index is 12.4. The summed E-state index contributed by atoms with van der Waals surface area (Å²) in [5.74, 6) is -1.62. The zero-order valence-corrected chi connectivity index (χ0v) is 15.0. The lowest BCUT2D eigenvalue weighted by Crippen LogP contribution is -2.37. The molecule has 0 aliphatic heterocycles. The number of nitrogens with zero attached hydrogens (tertiary/aromatic N) is 1. The third-order valence-electron chi connectivity index (χ3n) is 4.63. The Morgan fingerprint density at radius 2 is 1.96 bits per heavy atom. The lowest BCUT2D eigenvalue weighted by atomic mass is 10.1. The second-order valence-corrected chi connectivity index (χ2v) is 6.51. The highest BCUT2D eigenvalue weighted by Gasteiger charge is 2.21. The first kappa shape index (κ1) is 18.6. The molecule has 0 atom stereocenters. The number of nitrogen functional groups attached to an aromatic ring is 1. The number of H-pyrrole nitrogens is 1. The van der Waals surface area contributed by atoms with E-state index in [1.54, 1.807) is 12.1 Å². The highest BCUT2D eigenvalue weighted by molar-refractivity contribution is 6.02. The minimum atomic E-state index is -0.886. The van der Waals surface area contributed by atoms with Crippen LogP contribution >= 0.6 is 0 Å². The zero-order chi connectivity index (χ0) is 19.6. The van der Waals surface area contributed by atoms with E-state index in [2.05, 4.69) is 4.98 Å². The molecule has 0 spiro atoms. The molecule has 0 amide bonds. The van der Waals surface area contributed by atoms with Crippen LogP contribution in [-0.2, 0) is 24.1 Å². The van der Waals surface area contributed by atoms with Gasteiger partial charge in [-0.05, 0) is 48.9 Å². The van der Waals surface area contributed by atoms with E-state index >= 15 is 0 Å². The first-order valence-corrected chi connectivity index (χ1v) is 8.87. The number of aromatic amines is 1. The van der Waals surface area contributed by atoms with Crippen LogP contribution in [0, 0.1) is 0 Å². The number of carbonyl (C=O) groups excluding carboxylic acids is 2. The van der Waals surface area contributed by atoms with Crippen molar-refractivity contribution in [1.82, 2.24) is 9.55 Å². The molecule has 0 radical (unpaired) electrons. The smallest absolute Gasteiger partial charge is 0.338 e. The van der Waals surface area contributed by atoms with E-state index in [4.69, 9.17) is 10.5 Å². The van der Waals surface area contributed by atoms with Crippen molar-refractivity contribution in [3.63, 3.8) is 0 Å². The monoisotopic (exact) mass is 371 g/mol. The minimum Gasteiger partial charge on any atom is -0.454 e. The number of ketones is 1. The molecule has 3 N–H and O–H groups in total. The van der Waals surface area contributed by atoms with Crippen LogP contribution in [0.5, 0.6) is 0 Å². The van der Waals surface area contributed by atoms with Gasteiger partial charge in [-0.3, -0.25) is 19.1 Å². The SMILES string of the molecule is CCCn1c(N)c(C(=O)COC(=O)c2ccc3c(c2)CCC3)c(=O)[nH]c1=O. The van der Waals surface area contributed by atoms with Crippen LogP contribution in [0.3, 0.4) is 0 Å². The number of Topliss-reactive ketones (excluding diaryl/α,β-unsaturated/α-hetero) is 1. The minimum absolute atomic E-state index is 0.218. The van der Waals surface area contributed by atoms with Crippen molar-refractivity contribution in [1.29, 1.82) is 0 Å². The first-order chi connectivity index (χ1) is 12.9. The molecular weight excluding hydrogens is 350 g/mol. The summed E-state index contributed by atoms with van der Waals surface area (Å²) in [7, 11) is 0. The van der Waals surface area contributed by atoms with E-state index < -0.39 is 29.6 Å². The molecule has 0 unspecified atom stereocenters. The molecule has 27 heavy (non-hydrogen) atoms. The molecular formula is C19H21N3O5. The number of aromatic nitrogens is 2. The summed E-state index contributed by atoms with van der Waals surface area (Å²) in [5.41, 5.74) is 6.60. The van der Waals surface area contributed by atoms with E-state index in [1.165, 1.54) is 5.56 Å². The lowest BCUT2D eigenvalue weighted by molar-refractivity contribution is 0.0474. The average Bonchev–Trinajstić information content (AvgIpc) is 3.10. The Morgan fingerprint density at radius 3 is 2.70 bits per heavy atom. The van der Waals surface area contributed by atoms with E-state index in [0.717, 1.165) is 29.4 Å². The normalized spacial score (nSPS) is 12.6. The predicted octanol–water partition coefficient (Wildman–Crippen LogP) is 1.06. The Kier molecular flexibility index (Phi) is 5.25. The van der Waals surface area contributed by atoms with Crippen molar-refractivity contribution >= 4 is 17.6 Å². The Bertz CT molecular complexity index is 1020. The van der Waals surface area contributed by atoms with E-state index in [0.29, 0.717) is 12.0 Å². The molecule has 1 aliphatic carbocycles. The van der Waals surface area contributed by atoms with Crippen LogP contribution in [0.4, 0.5) is 5.82 Å². The number of nitrogens with two attached hydrogens (primary N) is 1.